The van der Waals surface area contributed by atoms with Gasteiger partial charge in [-0.1, -0.05) is 6.07 Å². The first-order valence-corrected chi connectivity index (χ1v) is 9.18. The number of anilines is 1. The Morgan fingerprint density at radius 1 is 1.36 bits per heavy atom. The highest BCUT2D eigenvalue weighted by atomic mass is 16.5. The zero-order valence-corrected chi connectivity index (χ0v) is 15.8. The van der Waals surface area contributed by atoms with Crippen LogP contribution < -0.4 is 10.1 Å². The van der Waals surface area contributed by atoms with E-state index in [1.807, 2.05) is 37.6 Å². The summed E-state index contributed by atoms with van der Waals surface area (Å²) in [6.45, 7) is 2.81. The molecule has 1 aliphatic rings. The molecule has 1 fully saturated rings. The number of rotatable bonds is 7. The lowest BCUT2D eigenvalue weighted by Gasteiger charge is -2.12. The van der Waals surface area contributed by atoms with E-state index in [9.17, 15) is 5.26 Å². The third kappa shape index (κ3) is 3.93. The maximum atomic E-state index is 9.63. The first-order chi connectivity index (χ1) is 13.6. The first-order valence-electron chi connectivity index (χ1n) is 9.18. The van der Waals surface area contributed by atoms with Crippen LogP contribution in [-0.4, -0.2) is 31.3 Å². The van der Waals surface area contributed by atoms with Gasteiger partial charge in [-0.15, -0.1) is 0 Å². The number of nitriles is 1. The molecule has 0 bridgehead atoms. The van der Waals surface area contributed by atoms with Crippen LogP contribution in [0.15, 0.2) is 36.8 Å². The van der Waals surface area contributed by atoms with E-state index in [0.29, 0.717) is 48.1 Å². The molecule has 1 N–H and O–H groups in total. The van der Waals surface area contributed by atoms with Crippen molar-refractivity contribution in [3.05, 3.63) is 59.4 Å². The number of hydrogen-bond acceptors (Lipinski definition) is 7. The maximum Gasteiger partial charge on any atom is 0.237 e. The van der Waals surface area contributed by atoms with E-state index in [1.54, 1.807) is 17.8 Å². The summed E-state index contributed by atoms with van der Waals surface area (Å²) >= 11 is 0. The van der Waals surface area contributed by atoms with Crippen LogP contribution in [0, 0.1) is 24.2 Å². The molecule has 3 heterocycles. The van der Waals surface area contributed by atoms with Crippen LogP contribution in [0.2, 0.25) is 0 Å². The molecular formula is C20H21N7O. The van der Waals surface area contributed by atoms with E-state index in [-0.39, 0.29) is 0 Å². The van der Waals surface area contributed by atoms with Crippen LogP contribution in [0.25, 0.3) is 0 Å². The van der Waals surface area contributed by atoms with Crippen LogP contribution in [0.4, 0.5) is 5.82 Å². The molecule has 3 aromatic heterocycles. The fraction of sp³-hybridized carbons (Fsp3) is 0.350. The highest BCUT2D eigenvalue weighted by Gasteiger charge is 2.40. The van der Waals surface area contributed by atoms with Gasteiger partial charge in [0.1, 0.15) is 11.9 Å². The molecule has 3 aromatic rings. The highest BCUT2D eigenvalue weighted by molar-refractivity contribution is 5.57. The average molecular weight is 375 g/mol. The molecule has 1 saturated carbocycles. The fourth-order valence-electron chi connectivity index (χ4n) is 3.20. The lowest BCUT2D eigenvalue weighted by Crippen LogP contribution is -2.10. The topological polar surface area (TPSA) is 102 Å². The summed E-state index contributed by atoms with van der Waals surface area (Å²) in [5.41, 5.74) is 2.42. The Morgan fingerprint density at radius 3 is 2.96 bits per heavy atom. The second kappa shape index (κ2) is 7.64. The van der Waals surface area contributed by atoms with Crippen molar-refractivity contribution in [2.24, 2.45) is 13.0 Å². The first kappa shape index (κ1) is 17.9. The van der Waals surface area contributed by atoms with Crippen molar-refractivity contribution >= 4 is 5.82 Å². The predicted molar refractivity (Wildman–Crippen MR) is 103 cm³/mol. The van der Waals surface area contributed by atoms with E-state index in [4.69, 9.17) is 4.74 Å². The monoisotopic (exact) mass is 375 g/mol. The van der Waals surface area contributed by atoms with Crippen molar-refractivity contribution in [3.63, 3.8) is 0 Å². The lowest BCUT2D eigenvalue weighted by molar-refractivity contribution is 0.283. The summed E-state index contributed by atoms with van der Waals surface area (Å²) in [5.74, 6) is 2.17. The molecule has 0 aromatic carbocycles. The zero-order chi connectivity index (χ0) is 19.5. The van der Waals surface area contributed by atoms with Gasteiger partial charge < -0.3 is 10.1 Å². The predicted octanol–water partition coefficient (Wildman–Crippen LogP) is 2.58. The van der Waals surface area contributed by atoms with Crippen LogP contribution in [0.1, 0.15) is 35.0 Å². The van der Waals surface area contributed by atoms with Crippen molar-refractivity contribution in [1.29, 1.82) is 5.26 Å². The van der Waals surface area contributed by atoms with Gasteiger partial charge in [0.15, 0.2) is 11.4 Å². The number of ether oxygens (including phenoxy) is 1. The van der Waals surface area contributed by atoms with Gasteiger partial charge in [-0.2, -0.15) is 15.3 Å². The minimum Gasteiger partial charge on any atom is -0.476 e. The molecule has 142 valence electrons. The molecule has 28 heavy (non-hydrogen) atoms. The van der Waals surface area contributed by atoms with Gasteiger partial charge in [0, 0.05) is 49.1 Å². The number of nitrogens with zero attached hydrogens (tertiary/aromatic N) is 6. The average Bonchev–Trinajstić information content (AvgIpc) is 3.37. The molecule has 8 heteroatoms. The molecule has 2 atom stereocenters. The van der Waals surface area contributed by atoms with Crippen LogP contribution >= 0.6 is 0 Å². The van der Waals surface area contributed by atoms with Crippen LogP contribution in [0.3, 0.4) is 0 Å². The number of pyridine rings is 1. The number of aromatic nitrogens is 5. The Balaban J connectivity index is 1.43. The Hall–Kier alpha value is -3.47. The number of nitrogens with one attached hydrogen (secondary N) is 1. The molecule has 0 saturated heterocycles. The van der Waals surface area contributed by atoms with Gasteiger partial charge in [-0.25, -0.2) is 4.98 Å². The lowest BCUT2D eigenvalue weighted by atomic mass is 10.2. The van der Waals surface area contributed by atoms with Crippen LogP contribution in [0.5, 0.6) is 5.88 Å². The van der Waals surface area contributed by atoms with Crippen molar-refractivity contribution < 1.29 is 4.74 Å². The van der Waals surface area contributed by atoms with Gasteiger partial charge in [-0.05, 0) is 25.5 Å². The molecule has 0 radical (unpaired) electrons. The normalized spacial score (nSPS) is 17.8. The van der Waals surface area contributed by atoms with Gasteiger partial charge in [-0.3, -0.25) is 9.67 Å². The van der Waals surface area contributed by atoms with E-state index < -0.39 is 0 Å². The van der Waals surface area contributed by atoms with Crippen molar-refractivity contribution in [2.45, 2.75) is 25.8 Å². The standard InChI is InChI=1S/C20H21N7O/c1-13-25-19(23-9-14-10-24-27(2)11-14)17(8-21)20(26-13)28-12-15-7-16(15)18-5-3-4-6-22-18/h3-6,10-11,15-16H,7,9,12H2,1-2H3,(H,23,25,26)/t15-,16+/m1/s1. The van der Waals surface area contributed by atoms with E-state index >= 15 is 0 Å². The minimum absolute atomic E-state index is 0.324. The molecule has 8 nitrogen and oxygen atoms in total. The van der Waals surface area contributed by atoms with Crippen molar-refractivity contribution in [1.82, 2.24) is 24.7 Å². The molecule has 0 unspecified atom stereocenters. The number of hydrogen-bond donors (Lipinski definition) is 1. The Bertz CT molecular complexity index is 1010. The quantitative estimate of drug-likeness (QED) is 0.677. The van der Waals surface area contributed by atoms with E-state index in [2.05, 4.69) is 31.4 Å². The molecule has 1 aliphatic carbocycles. The van der Waals surface area contributed by atoms with Gasteiger partial charge in [0.05, 0.1) is 12.8 Å². The summed E-state index contributed by atoms with van der Waals surface area (Å²) in [7, 11) is 1.86. The summed E-state index contributed by atoms with van der Waals surface area (Å²) in [6, 6.07) is 8.13. The SMILES string of the molecule is Cc1nc(NCc2cnn(C)c2)c(C#N)c(OC[C@H]2C[C@@H]2c2ccccn2)n1. The summed E-state index contributed by atoms with van der Waals surface area (Å²) in [6.07, 6.45) is 6.53. The summed E-state index contributed by atoms with van der Waals surface area (Å²) in [4.78, 5) is 13.1. The fourth-order valence-corrected chi connectivity index (χ4v) is 3.20. The minimum atomic E-state index is 0.324. The smallest absolute Gasteiger partial charge is 0.237 e. The Kier molecular flexibility index (Phi) is 4.89. The third-order valence-corrected chi connectivity index (χ3v) is 4.74. The summed E-state index contributed by atoms with van der Waals surface area (Å²) < 4.78 is 7.66. The van der Waals surface area contributed by atoms with Gasteiger partial charge in [0.25, 0.3) is 0 Å². The van der Waals surface area contributed by atoms with E-state index in [1.165, 1.54) is 0 Å². The number of aryl methyl sites for hydroxylation is 2. The molecule has 0 spiro atoms. The Labute approximate surface area is 163 Å². The highest BCUT2D eigenvalue weighted by Crippen LogP contribution is 2.46. The summed E-state index contributed by atoms with van der Waals surface area (Å²) in [5, 5.41) is 17.0. The van der Waals surface area contributed by atoms with Crippen molar-refractivity contribution in [3.8, 4) is 11.9 Å². The second-order valence-corrected chi connectivity index (χ2v) is 6.96. The van der Waals surface area contributed by atoms with Gasteiger partial charge >= 0.3 is 0 Å². The third-order valence-electron chi connectivity index (χ3n) is 4.74. The molecule has 0 amide bonds. The van der Waals surface area contributed by atoms with Gasteiger partial charge in [0.2, 0.25) is 5.88 Å². The molecule has 4 rings (SSSR count). The van der Waals surface area contributed by atoms with Crippen LogP contribution in [-0.2, 0) is 13.6 Å². The zero-order valence-electron chi connectivity index (χ0n) is 15.8. The van der Waals surface area contributed by atoms with Crippen molar-refractivity contribution in [2.75, 3.05) is 11.9 Å². The Morgan fingerprint density at radius 2 is 2.25 bits per heavy atom. The largest absolute Gasteiger partial charge is 0.476 e. The van der Waals surface area contributed by atoms with E-state index in [0.717, 1.165) is 17.7 Å². The maximum absolute atomic E-state index is 9.63. The second-order valence-electron chi connectivity index (χ2n) is 6.96. The molecule has 0 aliphatic heterocycles. The molecular weight excluding hydrogens is 354 g/mol.